The lowest BCUT2D eigenvalue weighted by atomic mass is 10.1. The van der Waals surface area contributed by atoms with Crippen LogP contribution in [0, 0.1) is 17.2 Å². The Morgan fingerprint density at radius 1 is 1.78 bits per heavy atom. The molecular weight excluding hydrogens is 110 g/mol. The van der Waals surface area contributed by atoms with Gasteiger partial charge in [0.15, 0.2) is 0 Å². The highest BCUT2D eigenvalue weighted by Crippen LogP contribution is 2.06. The van der Waals surface area contributed by atoms with Gasteiger partial charge in [-0.05, 0) is 18.8 Å². The topological polar surface area (TPSA) is 23.8 Å². The summed E-state index contributed by atoms with van der Waals surface area (Å²) in [5.74, 6) is 0.568. The van der Waals surface area contributed by atoms with Crippen LogP contribution in [0.2, 0.25) is 0 Å². The summed E-state index contributed by atoms with van der Waals surface area (Å²) in [7, 11) is 0. The van der Waals surface area contributed by atoms with Gasteiger partial charge in [0.2, 0.25) is 0 Å². The Bertz CT molecular complexity index is 110. The van der Waals surface area contributed by atoms with Crippen molar-refractivity contribution in [2.24, 2.45) is 5.92 Å². The van der Waals surface area contributed by atoms with Gasteiger partial charge in [-0.15, -0.1) is 6.58 Å². The number of unbranched alkanes of at least 4 members (excludes halogenated alkanes) is 1. The molecular formula is C8H13N. The number of nitriles is 1. The van der Waals surface area contributed by atoms with Gasteiger partial charge in [-0.1, -0.05) is 13.0 Å². The van der Waals surface area contributed by atoms with E-state index in [0.29, 0.717) is 12.3 Å². The van der Waals surface area contributed by atoms with Crippen molar-refractivity contribution < 1.29 is 0 Å². The summed E-state index contributed by atoms with van der Waals surface area (Å²) < 4.78 is 0. The van der Waals surface area contributed by atoms with E-state index in [1.807, 2.05) is 6.08 Å². The fourth-order valence-corrected chi connectivity index (χ4v) is 0.621. The predicted molar refractivity (Wildman–Crippen MR) is 38.8 cm³/mol. The molecule has 0 bridgehead atoms. The normalized spacial score (nSPS) is 12.0. The van der Waals surface area contributed by atoms with Crippen molar-refractivity contribution in [2.45, 2.75) is 26.2 Å². The quantitative estimate of drug-likeness (QED) is 0.416. The Labute approximate surface area is 57.0 Å². The van der Waals surface area contributed by atoms with Crippen molar-refractivity contribution in [1.82, 2.24) is 0 Å². The van der Waals surface area contributed by atoms with E-state index in [4.69, 9.17) is 5.26 Å². The second kappa shape index (κ2) is 5.37. The molecule has 1 unspecified atom stereocenters. The van der Waals surface area contributed by atoms with Crippen LogP contribution in [0.4, 0.5) is 0 Å². The second-order valence-corrected chi connectivity index (χ2v) is 2.26. The second-order valence-electron chi connectivity index (χ2n) is 2.26. The molecule has 0 aromatic rings. The van der Waals surface area contributed by atoms with E-state index in [1.165, 1.54) is 0 Å². The third-order valence-corrected chi connectivity index (χ3v) is 1.35. The number of nitrogens with zero attached hydrogens (tertiary/aromatic N) is 1. The molecule has 0 saturated carbocycles. The Kier molecular flexibility index (Phi) is 4.91. The van der Waals surface area contributed by atoms with Crippen molar-refractivity contribution in [3.05, 3.63) is 12.7 Å². The third-order valence-electron chi connectivity index (χ3n) is 1.35. The van der Waals surface area contributed by atoms with E-state index in [9.17, 15) is 0 Å². The molecule has 1 nitrogen and oxygen atoms in total. The molecule has 0 spiro atoms. The molecule has 50 valence electrons. The van der Waals surface area contributed by atoms with E-state index in [1.54, 1.807) is 0 Å². The highest BCUT2D eigenvalue weighted by Gasteiger charge is 1.93. The number of rotatable bonds is 4. The van der Waals surface area contributed by atoms with E-state index < -0.39 is 0 Å². The van der Waals surface area contributed by atoms with Crippen LogP contribution in [0.15, 0.2) is 12.7 Å². The van der Waals surface area contributed by atoms with E-state index in [2.05, 4.69) is 19.6 Å². The maximum absolute atomic E-state index is 8.18. The van der Waals surface area contributed by atoms with Crippen LogP contribution in [0.1, 0.15) is 26.2 Å². The largest absolute Gasteiger partial charge is 0.198 e. The maximum Gasteiger partial charge on any atom is 0.0621 e. The predicted octanol–water partition coefficient (Wildman–Crippen LogP) is 2.50. The standard InChI is InChI=1S/C8H13N/c1-3-8(2)6-4-5-7-9/h3,8H,1,4-6H2,2H3. The maximum atomic E-state index is 8.18. The SMILES string of the molecule is C=CC(C)CCCC#N. The van der Waals surface area contributed by atoms with Gasteiger partial charge in [0.25, 0.3) is 0 Å². The molecule has 0 rings (SSSR count). The van der Waals surface area contributed by atoms with Crippen molar-refractivity contribution in [2.75, 3.05) is 0 Å². The van der Waals surface area contributed by atoms with Gasteiger partial charge in [0, 0.05) is 6.42 Å². The Hall–Kier alpha value is -0.770. The number of hydrogen-bond acceptors (Lipinski definition) is 1. The van der Waals surface area contributed by atoms with Crippen molar-refractivity contribution in [3.8, 4) is 6.07 Å². The van der Waals surface area contributed by atoms with Crippen molar-refractivity contribution in [3.63, 3.8) is 0 Å². The highest BCUT2D eigenvalue weighted by molar-refractivity contribution is 4.77. The third kappa shape index (κ3) is 5.10. The minimum Gasteiger partial charge on any atom is -0.198 e. The molecule has 0 aliphatic carbocycles. The van der Waals surface area contributed by atoms with Gasteiger partial charge in [0.05, 0.1) is 6.07 Å². The number of allylic oxidation sites excluding steroid dienone is 1. The summed E-state index contributed by atoms with van der Waals surface area (Å²) in [4.78, 5) is 0. The molecule has 0 saturated heterocycles. The molecule has 0 heterocycles. The van der Waals surface area contributed by atoms with Crippen molar-refractivity contribution >= 4 is 0 Å². The first-order valence-corrected chi connectivity index (χ1v) is 3.30. The molecule has 0 aromatic carbocycles. The summed E-state index contributed by atoms with van der Waals surface area (Å²) in [6, 6.07) is 2.11. The van der Waals surface area contributed by atoms with E-state index in [-0.39, 0.29) is 0 Å². The Morgan fingerprint density at radius 3 is 2.89 bits per heavy atom. The molecule has 0 fully saturated rings. The lowest BCUT2D eigenvalue weighted by Gasteiger charge is -2.00. The first-order valence-electron chi connectivity index (χ1n) is 3.30. The molecule has 0 N–H and O–H groups in total. The van der Waals surface area contributed by atoms with E-state index in [0.717, 1.165) is 12.8 Å². The molecule has 0 aromatic heterocycles. The van der Waals surface area contributed by atoms with Crippen LogP contribution in [-0.4, -0.2) is 0 Å². The fraction of sp³-hybridized carbons (Fsp3) is 0.625. The van der Waals surface area contributed by atoms with Crippen LogP contribution in [0.3, 0.4) is 0 Å². The van der Waals surface area contributed by atoms with Crippen LogP contribution in [0.5, 0.6) is 0 Å². The van der Waals surface area contributed by atoms with Gasteiger partial charge in [-0.25, -0.2) is 0 Å². The minimum atomic E-state index is 0.568. The molecule has 0 radical (unpaired) electrons. The zero-order chi connectivity index (χ0) is 7.11. The van der Waals surface area contributed by atoms with Crippen molar-refractivity contribution in [1.29, 1.82) is 5.26 Å². The number of hydrogen-bond donors (Lipinski definition) is 0. The van der Waals surface area contributed by atoms with Gasteiger partial charge in [0.1, 0.15) is 0 Å². The molecule has 0 aliphatic rings. The van der Waals surface area contributed by atoms with Crippen LogP contribution in [-0.2, 0) is 0 Å². The molecule has 9 heavy (non-hydrogen) atoms. The molecule has 0 aliphatic heterocycles. The first-order chi connectivity index (χ1) is 4.31. The fourth-order valence-electron chi connectivity index (χ4n) is 0.621. The van der Waals surface area contributed by atoms with Crippen LogP contribution < -0.4 is 0 Å². The van der Waals surface area contributed by atoms with E-state index >= 15 is 0 Å². The molecule has 0 amide bonds. The smallest absolute Gasteiger partial charge is 0.0621 e. The average Bonchev–Trinajstić information content (AvgIpc) is 1.89. The summed E-state index contributed by atoms with van der Waals surface area (Å²) in [5, 5.41) is 8.18. The summed E-state index contributed by atoms with van der Waals surface area (Å²) in [6.45, 7) is 5.77. The first kappa shape index (κ1) is 8.23. The minimum absolute atomic E-state index is 0.568. The summed E-state index contributed by atoms with van der Waals surface area (Å²) >= 11 is 0. The van der Waals surface area contributed by atoms with Crippen LogP contribution in [0.25, 0.3) is 0 Å². The lowest BCUT2D eigenvalue weighted by Crippen LogP contribution is -1.86. The van der Waals surface area contributed by atoms with Crippen LogP contribution >= 0.6 is 0 Å². The zero-order valence-electron chi connectivity index (χ0n) is 5.93. The van der Waals surface area contributed by atoms with Gasteiger partial charge in [-0.2, -0.15) is 5.26 Å². The molecule has 1 atom stereocenters. The molecule has 1 heteroatoms. The highest BCUT2D eigenvalue weighted by atomic mass is 14.2. The van der Waals surface area contributed by atoms with Gasteiger partial charge in [-0.3, -0.25) is 0 Å². The Balaban J connectivity index is 3.08. The van der Waals surface area contributed by atoms with Gasteiger partial charge >= 0.3 is 0 Å². The Morgan fingerprint density at radius 2 is 2.44 bits per heavy atom. The average molecular weight is 123 g/mol. The monoisotopic (exact) mass is 123 g/mol. The zero-order valence-corrected chi connectivity index (χ0v) is 5.93. The lowest BCUT2D eigenvalue weighted by molar-refractivity contribution is 0.616. The van der Waals surface area contributed by atoms with Gasteiger partial charge < -0.3 is 0 Å². The summed E-state index contributed by atoms with van der Waals surface area (Å²) in [5.41, 5.74) is 0. The summed E-state index contributed by atoms with van der Waals surface area (Å²) in [6.07, 6.45) is 4.70.